The second kappa shape index (κ2) is 7.07. The summed E-state index contributed by atoms with van der Waals surface area (Å²) in [4.78, 5) is 2.45. The molecule has 0 saturated carbocycles. The first kappa shape index (κ1) is 16.0. The van der Waals surface area contributed by atoms with Gasteiger partial charge in [0.2, 0.25) is 0 Å². The molecule has 2 aliphatic heterocycles. The highest BCUT2D eigenvalue weighted by Crippen LogP contribution is 2.26. The first-order valence-electron chi connectivity index (χ1n) is 6.72. The first-order chi connectivity index (χ1) is 9.20. The van der Waals surface area contributed by atoms with Crippen LogP contribution in [-0.2, 0) is 0 Å². The maximum atomic E-state index is 13.2. The maximum absolute atomic E-state index is 13.2. The van der Waals surface area contributed by atoms with Gasteiger partial charge in [-0.1, -0.05) is 15.9 Å². The van der Waals surface area contributed by atoms with Crippen molar-refractivity contribution in [2.75, 3.05) is 39.3 Å². The number of rotatable bonds is 4. The van der Waals surface area contributed by atoms with Crippen LogP contribution in [0.5, 0.6) is 5.75 Å². The van der Waals surface area contributed by atoms with Gasteiger partial charge in [-0.05, 0) is 37.1 Å². The Balaban J connectivity index is 0.00000147. The van der Waals surface area contributed by atoms with Crippen molar-refractivity contribution in [2.45, 2.75) is 0 Å². The van der Waals surface area contributed by atoms with E-state index in [1.54, 1.807) is 6.07 Å². The van der Waals surface area contributed by atoms with E-state index in [4.69, 9.17) is 4.74 Å². The number of ether oxygens (including phenoxy) is 1. The molecule has 2 heterocycles. The number of benzene rings is 1. The van der Waals surface area contributed by atoms with Gasteiger partial charge in [-0.3, -0.25) is 4.90 Å². The molecule has 0 radical (unpaired) electrons. The van der Waals surface area contributed by atoms with Gasteiger partial charge in [0.1, 0.15) is 18.2 Å². The topological polar surface area (TPSA) is 24.5 Å². The number of nitrogens with zero attached hydrogens (tertiary/aromatic N) is 1. The van der Waals surface area contributed by atoms with Crippen LogP contribution < -0.4 is 10.1 Å². The molecule has 0 spiro atoms. The van der Waals surface area contributed by atoms with Crippen molar-refractivity contribution in [3.8, 4) is 5.75 Å². The molecule has 3 rings (SSSR count). The van der Waals surface area contributed by atoms with Crippen LogP contribution in [-0.4, -0.2) is 44.2 Å². The second-order valence-electron chi connectivity index (χ2n) is 5.39. The smallest absolute Gasteiger partial charge is 0.128 e. The number of likely N-dealkylation sites (tertiary alicyclic amines) is 1. The lowest BCUT2D eigenvalue weighted by atomic mass is 10.0. The molecular formula is C14H19BrClFN2O. The zero-order chi connectivity index (χ0) is 13.2. The van der Waals surface area contributed by atoms with Crippen LogP contribution in [0.25, 0.3) is 0 Å². The Morgan fingerprint density at radius 2 is 1.95 bits per heavy atom. The Morgan fingerprint density at radius 1 is 1.25 bits per heavy atom. The molecule has 0 aliphatic carbocycles. The molecule has 1 N–H and O–H groups in total. The van der Waals surface area contributed by atoms with Crippen molar-refractivity contribution in [3.63, 3.8) is 0 Å². The summed E-state index contributed by atoms with van der Waals surface area (Å²) >= 11 is 3.27. The van der Waals surface area contributed by atoms with E-state index < -0.39 is 0 Å². The lowest BCUT2D eigenvalue weighted by Gasteiger charge is -2.17. The molecule has 2 atom stereocenters. The number of fused-ring (bicyclic) bond motifs is 1. The second-order valence-corrected chi connectivity index (χ2v) is 6.31. The fourth-order valence-corrected chi connectivity index (χ4v) is 3.48. The van der Waals surface area contributed by atoms with Crippen LogP contribution in [0.15, 0.2) is 22.7 Å². The molecule has 2 saturated heterocycles. The third-order valence-corrected chi connectivity index (χ3v) is 4.44. The quantitative estimate of drug-likeness (QED) is 0.887. The van der Waals surface area contributed by atoms with E-state index >= 15 is 0 Å². The Hall–Kier alpha value is -0.360. The molecule has 2 fully saturated rings. The molecule has 0 amide bonds. The van der Waals surface area contributed by atoms with Gasteiger partial charge in [0.15, 0.2) is 0 Å². The normalized spacial score (nSPS) is 25.3. The predicted molar refractivity (Wildman–Crippen MR) is 83.1 cm³/mol. The van der Waals surface area contributed by atoms with Crippen LogP contribution in [0, 0.1) is 17.7 Å². The molecule has 6 heteroatoms. The SMILES string of the molecule is Cl.Fc1cc(Br)cc(OCCN2C[C@H]3CNC[C@H]3C2)c1. The van der Waals surface area contributed by atoms with Crippen LogP contribution in [0.4, 0.5) is 4.39 Å². The van der Waals surface area contributed by atoms with Crippen molar-refractivity contribution >= 4 is 28.3 Å². The minimum absolute atomic E-state index is 0. The van der Waals surface area contributed by atoms with Crippen LogP contribution in [0.1, 0.15) is 0 Å². The van der Waals surface area contributed by atoms with Gasteiger partial charge in [-0.15, -0.1) is 12.4 Å². The highest BCUT2D eigenvalue weighted by atomic mass is 79.9. The zero-order valence-electron chi connectivity index (χ0n) is 11.1. The number of hydrogen-bond acceptors (Lipinski definition) is 3. The van der Waals surface area contributed by atoms with Crippen molar-refractivity contribution in [1.29, 1.82) is 0 Å². The van der Waals surface area contributed by atoms with Gasteiger partial charge in [0.25, 0.3) is 0 Å². The van der Waals surface area contributed by atoms with Crippen molar-refractivity contribution < 1.29 is 9.13 Å². The maximum Gasteiger partial charge on any atom is 0.128 e. The lowest BCUT2D eigenvalue weighted by molar-refractivity contribution is 0.227. The van der Waals surface area contributed by atoms with Gasteiger partial charge in [0, 0.05) is 30.2 Å². The summed E-state index contributed by atoms with van der Waals surface area (Å²) < 4.78 is 19.5. The summed E-state index contributed by atoms with van der Waals surface area (Å²) in [6.07, 6.45) is 0. The van der Waals surface area contributed by atoms with Gasteiger partial charge >= 0.3 is 0 Å². The monoisotopic (exact) mass is 364 g/mol. The molecule has 0 aromatic heterocycles. The van der Waals surface area contributed by atoms with E-state index in [0.29, 0.717) is 16.8 Å². The minimum Gasteiger partial charge on any atom is -0.492 e. The highest BCUT2D eigenvalue weighted by Gasteiger charge is 2.35. The summed E-state index contributed by atoms with van der Waals surface area (Å²) in [5.41, 5.74) is 0. The van der Waals surface area contributed by atoms with E-state index in [1.807, 2.05) is 0 Å². The highest BCUT2D eigenvalue weighted by molar-refractivity contribution is 9.10. The predicted octanol–water partition coefficient (Wildman–Crippen LogP) is 2.54. The molecule has 2 aliphatic rings. The van der Waals surface area contributed by atoms with Crippen molar-refractivity contribution in [1.82, 2.24) is 10.2 Å². The average Bonchev–Trinajstić information content (AvgIpc) is 2.88. The molecule has 20 heavy (non-hydrogen) atoms. The zero-order valence-corrected chi connectivity index (χ0v) is 13.6. The third kappa shape index (κ3) is 3.85. The van der Waals surface area contributed by atoms with E-state index in [9.17, 15) is 4.39 Å². The van der Waals surface area contributed by atoms with Crippen LogP contribution in [0.2, 0.25) is 0 Å². The third-order valence-electron chi connectivity index (χ3n) is 3.98. The Labute approximate surface area is 133 Å². The van der Waals surface area contributed by atoms with Gasteiger partial charge < -0.3 is 10.1 Å². The summed E-state index contributed by atoms with van der Waals surface area (Å²) in [6.45, 7) is 6.16. The minimum atomic E-state index is -0.272. The van der Waals surface area contributed by atoms with Crippen molar-refractivity contribution in [2.24, 2.45) is 11.8 Å². The van der Waals surface area contributed by atoms with Crippen LogP contribution >= 0.6 is 28.3 Å². The lowest BCUT2D eigenvalue weighted by Crippen LogP contribution is -2.29. The summed E-state index contributed by atoms with van der Waals surface area (Å²) in [5.74, 6) is 1.94. The Bertz CT molecular complexity index is 431. The van der Waals surface area contributed by atoms with Crippen molar-refractivity contribution in [3.05, 3.63) is 28.5 Å². The van der Waals surface area contributed by atoms with E-state index in [2.05, 4.69) is 26.1 Å². The van der Waals surface area contributed by atoms with Crippen LogP contribution in [0.3, 0.4) is 0 Å². The van der Waals surface area contributed by atoms with Gasteiger partial charge in [-0.25, -0.2) is 4.39 Å². The average molecular weight is 366 g/mol. The van der Waals surface area contributed by atoms with E-state index in [0.717, 1.165) is 44.6 Å². The summed E-state index contributed by atoms with van der Waals surface area (Å²) in [7, 11) is 0. The molecule has 112 valence electrons. The molecule has 0 unspecified atom stereocenters. The van der Waals surface area contributed by atoms with E-state index in [-0.39, 0.29) is 18.2 Å². The molecule has 0 bridgehead atoms. The number of hydrogen-bond donors (Lipinski definition) is 1. The number of halogens is 3. The standard InChI is InChI=1S/C14H18BrFN2O.ClH/c15-12-3-13(16)5-14(4-12)19-2-1-18-8-10-6-17-7-11(10)9-18;/h3-5,10-11,17H,1-2,6-9H2;1H/t10-,11+;. The summed E-state index contributed by atoms with van der Waals surface area (Å²) in [5, 5.41) is 3.43. The Kier molecular flexibility index (Phi) is 5.66. The van der Waals surface area contributed by atoms with Gasteiger partial charge in [0.05, 0.1) is 0 Å². The molecular weight excluding hydrogens is 347 g/mol. The molecule has 1 aromatic carbocycles. The number of nitrogens with one attached hydrogen (secondary N) is 1. The fourth-order valence-electron chi connectivity index (χ4n) is 3.04. The fraction of sp³-hybridized carbons (Fsp3) is 0.571. The van der Waals surface area contributed by atoms with E-state index in [1.165, 1.54) is 12.1 Å². The molecule has 3 nitrogen and oxygen atoms in total. The summed E-state index contributed by atoms with van der Waals surface area (Å²) in [6, 6.07) is 4.65. The van der Waals surface area contributed by atoms with Gasteiger partial charge in [-0.2, -0.15) is 0 Å². The Morgan fingerprint density at radius 3 is 2.60 bits per heavy atom. The first-order valence-corrected chi connectivity index (χ1v) is 7.52. The molecule has 1 aromatic rings. The largest absolute Gasteiger partial charge is 0.492 e.